The molecule has 0 saturated carbocycles. The molecule has 4 nitrogen and oxygen atoms in total. The number of methoxy groups -OCH3 is 1. The number of carbonyl (C=O) groups is 2. The lowest BCUT2D eigenvalue weighted by Crippen LogP contribution is -2.38. The van der Waals surface area contributed by atoms with E-state index in [0.29, 0.717) is 13.0 Å². The van der Waals surface area contributed by atoms with Crippen LogP contribution >= 0.6 is 0 Å². The Labute approximate surface area is 64.4 Å². The minimum absolute atomic E-state index is 0.303. The van der Waals surface area contributed by atoms with E-state index in [0.717, 1.165) is 4.90 Å². The van der Waals surface area contributed by atoms with Gasteiger partial charge in [-0.05, 0) is 12.5 Å². The van der Waals surface area contributed by atoms with Crippen LogP contribution in [0.3, 0.4) is 0 Å². The average molecular weight is 155 g/mol. The van der Waals surface area contributed by atoms with E-state index in [4.69, 9.17) is 0 Å². The Hall–Kier alpha value is -1.32. The van der Waals surface area contributed by atoms with Crippen molar-refractivity contribution in [2.24, 2.45) is 0 Å². The smallest absolute Gasteiger partial charge is 0.416 e. The zero-order valence-electron chi connectivity index (χ0n) is 6.24. The summed E-state index contributed by atoms with van der Waals surface area (Å²) in [5, 5.41) is 0. The van der Waals surface area contributed by atoms with Crippen LogP contribution in [0.2, 0.25) is 0 Å². The molecule has 0 aromatic carbocycles. The highest BCUT2D eigenvalue weighted by atomic mass is 16.5. The van der Waals surface area contributed by atoms with Crippen molar-refractivity contribution in [3.63, 3.8) is 0 Å². The first-order valence-corrected chi connectivity index (χ1v) is 3.31. The number of imide groups is 1. The van der Waals surface area contributed by atoms with Crippen LogP contribution in [0.4, 0.5) is 4.79 Å². The Morgan fingerprint density at radius 3 is 3.00 bits per heavy atom. The molecule has 1 aliphatic rings. The second-order valence-electron chi connectivity index (χ2n) is 2.15. The fourth-order valence-corrected chi connectivity index (χ4v) is 0.879. The first-order valence-electron chi connectivity index (χ1n) is 3.31. The van der Waals surface area contributed by atoms with Gasteiger partial charge in [0.15, 0.2) is 0 Å². The minimum Gasteiger partial charge on any atom is -0.452 e. The van der Waals surface area contributed by atoms with Crippen molar-refractivity contribution in [1.82, 2.24) is 4.90 Å². The molecule has 0 unspecified atom stereocenters. The highest BCUT2D eigenvalue weighted by Gasteiger charge is 2.21. The lowest BCUT2D eigenvalue weighted by molar-refractivity contribution is -0.124. The maximum atomic E-state index is 10.9. The zero-order valence-corrected chi connectivity index (χ0v) is 6.24. The molecule has 0 fully saturated rings. The molecule has 0 spiro atoms. The van der Waals surface area contributed by atoms with Crippen LogP contribution in [0, 0.1) is 0 Å². The largest absolute Gasteiger partial charge is 0.452 e. The molecular formula is C7H9NO3. The van der Waals surface area contributed by atoms with Gasteiger partial charge in [-0.15, -0.1) is 0 Å². The van der Waals surface area contributed by atoms with Gasteiger partial charge < -0.3 is 4.74 Å². The molecule has 0 atom stereocenters. The van der Waals surface area contributed by atoms with Gasteiger partial charge in [-0.1, -0.05) is 6.08 Å². The third-order valence-electron chi connectivity index (χ3n) is 1.44. The predicted octanol–water partition coefficient (Wildman–Crippen LogP) is 0.541. The summed E-state index contributed by atoms with van der Waals surface area (Å²) in [5.74, 6) is -0.303. The standard InChI is InChI=1S/C7H9NO3/c1-11-7(10)8-5-3-2-4-6(8)9/h2,4H,3,5H2,1H3. The van der Waals surface area contributed by atoms with Crippen LogP contribution in [0.1, 0.15) is 6.42 Å². The van der Waals surface area contributed by atoms with Crippen LogP contribution < -0.4 is 0 Å². The SMILES string of the molecule is COC(=O)N1CCC=CC1=O. The molecule has 0 N–H and O–H groups in total. The van der Waals surface area contributed by atoms with Gasteiger partial charge in [0, 0.05) is 6.54 Å². The zero-order chi connectivity index (χ0) is 8.27. The van der Waals surface area contributed by atoms with Gasteiger partial charge in [0.1, 0.15) is 0 Å². The lowest BCUT2D eigenvalue weighted by Gasteiger charge is -2.19. The van der Waals surface area contributed by atoms with Crippen molar-refractivity contribution in [1.29, 1.82) is 0 Å². The van der Waals surface area contributed by atoms with E-state index < -0.39 is 6.09 Å². The molecule has 0 bridgehead atoms. The van der Waals surface area contributed by atoms with Crippen LogP contribution in [-0.2, 0) is 9.53 Å². The lowest BCUT2D eigenvalue weighted by atomic mass is 10.2. The van der Waals surface area contributed by atoms with E-state index >= 15 is 0 Å². The minimum atomic E-state index is -0.584. The van der Waals surface area contributed by atoms with Crippen LogP contribution in [0.5, 0.6) is 0 Å². The molecule has 1 aliphatic heterocycles. The summed E-state index contributed by atoms with van der Waals surface area (Å²) in [6, 6.07) is 0. The summed E-state index contributed by atoms with van der Waals surface area (Å²) in [5.41, 5.74) is 0. The highest BCUT2D eigenvalue weighted by Crippen LogP contribution is 2.03. The monoisotopic (exact) mass is 155 g/mol. The van der Waals surface area contributed by atoms with Crippen molar-refractivity contribution < 1.29 is 14.3 Å². The van der Waals surface area contributed by atoms with Crippen molar-refractivity contribution >= 4 is 12.0 Å². The second-order valence-corrected chi connectivity index (χ2v) is 2.15. The first-order chi connectivity index (χ1) is 5.25. The van der Waals surface area contributed by atoms with E-state index in [9.17, 15) is 9.59 Å². The molecule has 0 aromatic heterocycles. The van der Waals surface area contributed by atoms with E-state index in [1.54, 1.807) is 6.08 Å². The molecule has 2 amide bonds. The summed E-state index contributed by atoms with van der Waals surface area (Å²) in [4.78, 5) is 22.8. The maximum Gasteiger partial charge on any atom is 0.416 e. The number of hydrogen-bond acceptors (Lipinski definition) is 3. The van der Waals surface area contributed by atoms with E-state index in [2.05, 4.69) is 4.74 Å². The number of amides is 2. The fourth-order valence-electron chi connectivity index (χ4n) is 0.879. The molecule has 0 saturated heterocycles. The van der Waals surface area contributed by atoms with Gasteiger partial charge in [0.05, 0.1) is 7.11 Å². The Morgan fingerprint density at radius 1 is 1.73 bits per heavy atom. The Bertz CT molecular complexity index is 210. The summed E-state index contributed by atoms with van der Waals surface area (Å²) < 4.78 is 4.39. The molecule has 1 heterocycles. The number of hydrogen-bond donors (Lipinski definition) is 0. The first kappa shape index (κ1) is 7.78. The second kappa shape index (κ2) is 3.18. The van der Waals surface area contributed by atoms with Crippen molar-refractivity contribution in [2.75, 3.05) is 13.7 Å². The van der Waals surface area contributed by atoms with E-state index in [1.807, 2.05) is 0 Å². The molecule has 0 radical (unpaired) electrons. The molecule has 11 heavy (non-hydrogen) atoms. The molecular weight excluding hydrogens is 146 g/mol. The number of nitrogens with zero attached hydrogens (tertiary/aromatic N) is 1. The van der Waals surface area contributed by atoms with E-state index in [1.165, 1.54) is 13.2 Å². The third-order valence-corrected chi connectivity index (χ3v) is 1.44. The van der Waals surface area contributed by atoms with Gasteiger partial charge in [0.25, 0.3) is 5.91 Å². The van der Waals surface area contributed by atoms with Gasteiger partial charge in [0.2, 0.25) is 0 Å². The Kier molecular flexibility index (Phi) is 2.25. The molecule has 1 rings (SSSR count). The van der Waals surface area contributed by atoms with Crippen LogP contribution in [0.15, 0.2) is 12.2 Å². The topological polar surface area (TPSA) is 46.6 Å². The molecule has 0 aliphatic carbocycles. The fraction of sp³-hybridized carbons (Fsp3) is 0.429. The third kappa shape index (κ3) is 1.58. The molecule has 60 valence electrons. The Balaban J connectivity index is 2.65. The van der Waals surface area contributed by atoms with Crippen LogP contribution in [0.25, 0.3) is 0 Å². The predicted molar refractivity (Wildman–Crippen MR) is 37.9 cm³/mol. The molecule has 0 aromatic rings. The summed E-state index contributed by atoms with van der Waals surface area (Å²) in [6.45, 7) is 0.419. The highest BCUT2D eigenvalue weighted by molar-refractivity contribution is 5.99. The van der Waals surface area contributed by atoms with Gasteiger partial charge in [-0.3, -0.25) is 4.79 Å². The Morgan fingerprint density at radius 2 is 2.45 bits per heavy atom. The van der Waals surface area contributed by atoms with Gasteiger partial charge in [-0.2, -0.15) is 0 Å². The quantitative estimate of drug-likeness (QED) is 0.513. The summed E-state index contributed by atoms with van der Waals surface area (Å²) >= 11 is 0. The maximum absolute atomic E-state index is 10.9. The van der Waals surface area contributed by atoms with Crippen molar-refractivity contribution in [2.45, 2.75) is 6.42 Å². The van der Waals surface area contributed by atoms with E-state index in [-0.39, 0.29) is 5.91 Å². The molecule has 4 heteroatoms. The number of rotatable bonds is 0. The van der Waals surface area contributed by atoms with Crippen LogP contribution in [-0.4, -0.2) is 30.6 Å². The summed E-state index contributed by atoms with van der Waals surface area (Å²) in [7, 11) is 1.26. The van der Waals surface area contributed by atoms with Gasteiger partial charge in [-0.25, -0.2) is 9.69 Å². The number of carbonyl (C=O) groups excluding carboxylic acids is 2. The normalized spacial score (nSPS) is 16.8. The van der Waals surface area contributed by atoms with Crippen molar-refractivity contribution in [3.8, 4) is 0 Å². The van der Waals surface area contributed by atoms with Gasteiger partial charge >= 0.3 is 6.09 Å². The van der Waals surface area contributed by atoms with Crippen molar-refractivity contribution in [3.05, 3.63) is 12.2 Å². The summed E-state index contributed by atoms with van der Waals surface area (Å²) in [6.07, 6.45) is 3.24. The average Bonchev–Trinajstić information content (AvgIpc) is 2.04. The number of ether oxygens (including phenoxy) is 1.